The second-order valence-corrected chi connectivity index (χ2v) is 7.99. The molecule has 0 aliphatic carbocycles. The van der Waals surface area contributed by atoms with Gasteiger partial charge < -0.3 is 9.15 Å². The van der Waals surface area contributed by atoms with Crippen molar-refractivity contribution < 1.29 is 30.7 Å². The maximum Gasteiger partial charge on any atom is 0.573 e. The minimum atomic E-state index is -5.00. The van der Waals surface area contributed by atoms with Gasteiger partial charge in [-0.2, -0.15) is 11.3 Å². The number of alkyl halides is 3. The summed E-state index contributed by atoms with van der Waals surface area (Å²) in [7, 11) is -4.25. The summed E-state index contributed by atoms with van der Waals surface area (Å²) >= 11 is 1.44. The van der Waals surface area contributed by atoms with Crippen LogP contribution < -0.4 is 9.46 Å². The van der Waals surface area contributed by atoms with Crippen LogP contribution in [0.5, 0.6) is 5.75 Å². The molecule has 3 aromatic rings. The van der Waals surface area contributed by atoms with Crippen LogP contribution in [0.1, 0.15) is 17.2 Å². The quantitative estimate of drug-likeness (QED) is 0.621. The zero-order valence-corrected chi connectivity index (χ0v) is 15.3. The van der Waals surface area contributed by atoms with E-state index in [4.69, 9.17) is 4.42 Å². The molecule has 3 rings (SSSR count). The molecule has 1 N–H and O–H groups in total. The van der Waals surface area contributed by atoms with E-state index in [1.165, 1.54) is 29.7 Å². The lowest BCUT2D eigenvalue weighted by Crippen LogP contribution is -2.30. The number of thiophene rings is 1. The van der Waals surface area contributed by atoms with Crippen LogP contribution in [0.15, 0.2) is 68.8 Å². The zero-order chi connectivity index (χ0) is 19.5. The Morgan fingerprint density at radius 1 is 1.15 bits per heavy atom. The van der Waals surface area contributed by atoms with E-state index in [2.05, 4.69) is 9.46 Å². The molecule has 2 aromatic heterocycles. The molecule has 10 heteroatoms. The van der Waals surface area contributed by atoms with E-state index >= 15 is 0 Å². The van der Waals surface area contributed by atoms with Gasteiger partial charge in [0.2, 0.25) is 10.0 Å². The van der Waals surface area contributed by atoms with Gasteiger partial charge in [0.25, 0.3) is 0 Å². The third-order valence-electron chi connectivity index (χ3n) is 3.67. The molecule has 0 aliphatic rings. The molecule has 2 heterocycles. The van der Waals surface area contributed by atoms with Crippen molar-refractivity contribution in [1.29, 1.82) is 0 Å². The van der Waals surface area contributed by atoms with Gasteiger partial charge in [0.1, 0.15) is 16.4 Å². The maximum absolute atomic E-state index is 12.6. The number of ether oxygens (including phenoxy) is 1. The first kappa shape index (κ1) is 19.5. The molecule has 1 atom stereocenters. The van der Waals surface area contributed by atoms with Crippen LogP contribution in [0.2, 0.25) is 0 Å². The molecular formula is C17H14F3NO4S2. The number of rotatable bonds is 7. The van der Waals surface area contributed by atoms with Crippen molar-refractivity contribution in [3.05, 3.63) is 70.8 Å². The van der Waals surface area contributed by atoms with E-state index in [0.29, 0.717) is 5.76 Å². The van der Waals surface area contributed by atoms with Crippen molar-refractivity contribution in [1.82, 2.24) is 4.72 Å². The fourth-order valence-electron chi connectivity index (χ4n) is 2.50. The second kappa shape index (κ2) is 7.75. The van der Waals surface area contributed by atoms with Crippen molar-refractivity contribution in [3.8, 4) is 5.75 Å². The van der Waals surface area contributed by atoms with Gasteiger partial charge in [-0.05, 0) is 46.7 Å². The van der Waals surface area contributed by atoms with Crippen molar-refractivity contribution in [3.63, 3.8) is 0 Å². The summed E-state index contributed by atoms with van der Waals surface area (Å²) in [6, 6.07) is 9.79. The van der Waals surface area contributed by atoms with Gasteiger partial charge in [0, 0.05) is 6.54 Å². The van der Waals surface area contributed by atoms with Crippen LogP contribution in [0, 0.1) is 0 Å². The van der Waals surface area contributed by atoms with Gasteiger partial charge in [-0.3, -0.25) is 0 Å². The van der Waals surface area contributed by atoms with E-state index in [0.717, 1.165) is 17.7 Å². The minimum Gasteiger partial charge on any atom is -0.469 e. The molecule has 144 valence electrons. The van der Waals surface area contributed by atoms with Crippen LogP contribution in [0.25, 0.3) is 0 Å². The lowest BCUT2D eigenvalue weighted by Gasteiger charge is -2.17. The summed E-state index contributed by atoms with van der Waals surface area (Å²) in [5.41, 5.74) is 0.831. The molecule has 0 aliphatic heterocycles. The summed E-state index contributed by atoms with van der Waals surface area (Å²) < 4.78 is 74.4. The number of para-hydroxylation sites is 1. The van der Waals surface area contributed by atoms with E-state index in [9.17, 15) is 21.6 Å². The lowest BCUT2D eigenvalue weighted by atomic mass is 10.00. The molecule has 1 aromatic carbocycles. The van der Waals surface area contributed by atoms with Crippen molar-refractivity contribution in [2.24, 2.45) is 0 Å². The fourth-order valence-corrected chi connectivity index (χ4v) is 4.39. The standard InChI is InChI=1S/C17H14F3NO4S2/c18-17(19,20)25-15-4-1-2-6-16(15)27(22,23)21-10-13(12-7-9-26-11-12)14-5-3-8-24-14/h1-9,11,13,21H,10H2. The summed E-state index contributed by atoms with van der Waals surface area (Å²) in [5, 5.41) is 3.69. The van der Waals surface area contributed by atoms with E-state index in [-0.39, 0.29) is 6.54 Å². The molecule has 0 amide bonds. The van der Waals surface area contributed by atoms with Crippen LogP contribution in [0.4, 0.5) is 13.2 Å². The number of hydrogen-bond donors (Lipinski definition) is 1. The first-order valence-corrected chi connectivity index (χ1v) is 10.1. The highest BCUT2D eigenvalue weighted by molar-refractivity contribution is 7.89. The molecule has 0 spiro atoms. The van der Waals surface area contributed by atoms with Gasteiger partial charge in [-0.1, -0.05) is 12.1 Å². The minimum absolute atomic E-state index is 0.0903. The predicted molar refractivity (Wildman–Crippen MR) is 93.2 cm³/mol. The van der Waals surface area contributed by atoms with Crippen molar-refractivity contribution in [2.45, 2.75) is 17.2 Å². The van der Waals surface area contributed by atoms with Gasteiger partial charge in [0.05, 0.1) is 12.2 Å². The lowest BCUT2D eigenvalue weighted by molar-refractivity contribution is -0.275. The van der Waals surface area contributed by atoms with Crippen LogP contribution >= 0.6 is 11.3 Å². The number of benzene rings is 1. The molecule has 27 heavy (non-hydrogen) atoms. The first-order valence-electron chi connectivity index (χ1n) is 7.66. The highest BCUT2D eigenvalue weighted by Gasteiger charge is 2.34. The topological polar surface area (TPSA) is 68.5 Å². The molecule has 0 saturated carbocycles. The largest absolute Gasteiger partial charge is 0.573 e. The maximum atomic E-state index is 12.6. The van der Waals surface area contributed by atoms with Gasteiger partial charge in [-0.15, -0.1) is 13.2 Å². The Morgan fingerprint density at radius 3 is 2.56 bits per heavy atom. The second-order valence-electron chi connectivity index (χ2n) is 5.47. The summed E-state index contributed by atoms with van der Waals surface area (Å²) in [5.74, 6) is -0.671. The van der Waals surface area contributed by atoms with Gasteiger partial charge in [0.15, 0.2) is 0 Å². The summed E-state index contributed by atoms with van der Waals surface area (Å²) in [6.07, 6.45) is -3.53. The normalized spacial score (nSPS) is 13.4. The smallest absolute Gasteiger partial charge is 0.469 e. The summed E-state index contributed by atoms with van der Waals surface area (Å²) in [6.45, 7) is -0.0903. The molecule has 0 saturated heterocycles. The molecule has 0 bridgehead atoms. The Balaban J connectivity index is 1.84. The monoisotopic (exact) mass is 417 g/mol. The number of halogens is 3. The Kier molecular flexibility index (Phi) is 5.59. The Morgan fingerprint density at radius 2 is 1.93 bits per heavy atom. The van der Waals surface area contributed by atoms with Crippen LogP contribution in [0.3, 0.4) is 0 Å². The molecule has 1 unspecified atom stereocenters. The fraction of sp³-hybridized carbons (Fsp3) is 0.176. The highest BCUT2D eigenvalue weighted by atomic mass is 32.2. The van der Waals surface area contributed by atoms with E-state index < -0.39 is 32.9 Å². The SMILES string of the molecule is O=S(=O)(NCC(c1ccsc1)c1ccco1)c1ccccc1OC(F)(F)F. The van der Waals surface area contributed by atoms with E-state index in [1.54, 1.807) is 12.1 Å². The molecule has 0 fully saturated rings. The molecule has 0 radical (unpaired) electrons. The van der Waals surface area contributed by atoms with Crippen molar-refractivity contribution >= 4 is 21.4 Å². The third-order valence-corrected chi connectivity index (χ3v) is 5.84. The Labute approximate surface area is 157 Å². The number of hydrogen-bond acceptors (Lipinski definition) is 5. The van der Waals surface area contributed by atoms with E-state index in [1.807, 2.05) is 16.8 Å². The molecular weight excluding hydrogens is 403 g/mol. The number of furan rings is 1. The Hall–Kier alpha value is -2.30. The van der Waals surface area contributed by atoms with Gasteiger partial charge >= 0.3 is 6.36 Å². The number of nitrogens with one attached hydrogen (secondary N) is 1. The zero-order valence-electron chi connectivity index (χ0n) is 13.6. The molecule has 5 nitrogen and oxygen atoms in total. The summed E-state index contributed by atoms with van der Waals surface area (Å²) in [4.78, 5) is -0.592. The highest BCUT2D eigenvalue weighted by Crippen LogP contribution is 2.30. The average molecular weight is 417 g/mol. The first-order chi connectivity index (χ1) is 12.8. The Bertz CT molecular complexity index is 934. The third kappa shape index (κ3) is 4.90. The average Bonchev–Trinajstić information content (AvgIpc) is 3.28. The predicted octanol–water partition coefficient (Wildman–Crippen LogP) is 4.35. The number of sulfonamides is 1. The van der Waals surface area contributed by atoms with Crippen molar-refractivity contribution in [2.75, 3.05) is 6.54 Å². The van der Waals surface area contributed by atoms with Crippen LogP contribution in [-0.4, -0.2) is 21.3 Å². The van der Waals surface area contributed by atoms with Gasteiger partial charge in [-0.25, -0.2) is 13.1 Å². The van der Waals surface area contributed by atoms with Crippen LogP contribution in [-0.2, 0) is 10.0 Å².